The average Bonchev–Trinajstić information content (AvgIpc) is 3.31. The third-order valence-corrected chi connectivity index (χ3v) is 6.83. The molecular weight excluding hydrogens is 362 g/mol. The molecule has 3 heterocycles. The Balaban J connectivity index is 1.43. The number of nitrogens with zero attached hydrogens (tertiary/aromatic N) is 5. The van der Waals surface area contributed by atoms with Crippen molar-refractivity contribution in [3.05, 3.63) is 66.5 Å². The molecule has 0 N–H and O–H groups in total. The highest BCUT2D eigenvalue weighted by molar-refractivity contribution is 7.89. The molecule has 0 radical (unpaired) electrons. The first kappa shape index (κ1) is 17.9. The number of benzene rings is 1. The number of hydrogen-bond donors (Lipinski definition) is 0. The highest BCUT2D eigenvalue weighted by Gasteiger charge is 2.27. The third kappa shape index (κ3) is 3.81. The summed E-state index contributed by atoms with van der Waals surface area (Å²) < 4.78 is 31.1. The molecule has 3 aromatic rings. The molecule has 0 bridgehead atoms. The normalized spacial score (nSPS) is 17.2. The van der Waals surface area contributed by atoms with Gasteiger partial charge in [-0.25, -0.2) is 17.7 Å². The van der Waals surface area contributed by atoms with Crippen LogP contribution in [0.25, 0.3) is 0 Å². The molecule has 1 atom stereocenters. The Hall–Kier alpha value is -2.45. The monoisotopic (exact) mass is 385 g/mol. The van der Waals surface area contributed by atoms with Crippen molar-refractivity contribution >= 4 is 10.0 Å². The van der Waals surface area contributed by atoms with E-state index in [9.17, 15) is 8.42 Å². The van der Waals surface area contributed by atoms with Crippen LogP contribution in [0.15, 0.2) is 60.0 Å². The van der Waals surface area contributed by atoms with Crippen molar-refractivity contribution in [2.45, 2.75) is 30.8 Å². The Morgan fingerprint density at radius 1 is 1.26 bits per heavy atom. The van der Waals surface area contributed by atoms with Crippen LogP contribution in [0.5, 0.6) is 0 Å². The lowest BCUT2D eigenvalue weighted by Gasteiger charge is -2.27. The second kappa shape index (κ2) is 7.28. The summed E-state index contributed by atoms with van der Waals surface area (Å²) in [5, 5.41) is 4.23. The lowest BCUT2D eigenvalue weighted by molar-refractivity contribution is 0.303. The second-order valence-electron chi connectivity index (χ2n) is 7.05. The molecule has 0 amide bonds. The standard InChI is InChI=1S/C19H23N5O2S/c1-22(12-17-7-8-19-20-9-10-23(19)13-17)27(25,26)18-11-21-24(15-18)14-16-5-3-2-4-6-16/h2-6,9-11,15,17H,7-8,12-14H2,1H3. The molecule has 7 nitrogen and oxygen atoms in total. The van der Waals surface area contributed by atoms with E-state index in [0.717, 1.165) is 30.8 Å². The minimum absolute atomic E-state index is 0.236. The van der Waals surface area contributed by atoms with Gasteiger partial charge in [0.2, 0.25) is 10.0 Å². The Labute approximate surface area is 159 Å². The number of hydrogen-bond acceptors (Lipinski definition) is 4. The molecule has 1 aliphatic heterocycles. The zero-order chi connectivity index (χ0) is 18.9. The third-order valence-electron chi connectivity index (χ3n) is 5.05. The average molecular weight is 385 g/mol. The van der Waals surface area contributed by atoms with E-state index in [2.05, 4.69) is 14.6 Å². The summed E-state index contributed by atoms with van der Waals surface area (Å²) in [7, 11) is -1.90. The Bertz CT molecular complexity index is 1010. The van der Waals surface area contributed by atoms with Crippen molar-refractivity contribution in [2.75, 3.05) is 13.6 Å². The van der Waals surface area contributed by atoms with Gasteiger partial charge in [0.25, 0.3) is 0 Å². The number of fused-ring (bicyclic) bond motifs is 1. The van der Waals surface area contributed by atoms with Gasteiger partial charge in [0.05, 0.1) is 12.7 Å². The van der Waals surface area contributed by atoms with Gasteiger partial charge in [-0.2, -0.15) is 5.10 Å². The van der Waals surface area contributed by atoms with Gasteiger partial charge >= 0.3 is 0 Å². The summed E-state index contributed by atoms with van der Waals surface area (Å²) in [5.74, 6) is 1.37. The maximum absolute atomic E-state index is 12.9. The molecule has 8 heteroatoms. The van der Waals surface area contributed by atoms with E-state index < -0.39 is 10.0 Å². The zero-order valence-electron chi connectivity index (χ0n) is 15.3. The smallest absolute Gasteiger partial charge is 0.245 e. The van der Waals surface area contributed by atoms with Gasteiger partial charge in [0.1, 0.15) is 10.7 Å². The van der Waals surface area contributed by atoms with Gasteiger partial charge in [0.15, 0.2) is 0 Å². The van der Waals surface area contributed by atoms with Crippen LogP contribution in [0.1, 0.15) is 17.8 Å². The maximum atomic E-state index is 12.9. The maximum Gasteiger partial charge on any atom is 0.245 e. The summed E-state index contributed by atoms with van der Waals surface area (Å²) in [6, 6.07) is 9.86. The number of imidazole rings is 1. The molecule has 0 fully saturated rings. The highest BCUT2D eigenvalue weighted by atomic mass is 32.2. The van der Waals surface area contributed by atoms with Crippen molar-refractivity contribution < 1.29 is 8.42 Å². The molecular formula is C19H23N5O2S. The molecule has 0 saturated carbocycles. The van der Waals surface area contributed by atoms with Crippen LogP contribution in [-0.4, -0.2) is 45.6 Å². The van der Waals surface area contributed by atoms with E-state index in [4.69, 9.17) is 0 Å². The minimum atomic E-state index is -3.55. The Morgan fingerprint density at radius 3 is 2.89 bits per heavy atom. The van der Waals surface area contributed by atoms with Crippen molar-refractivity contribution in [2.24, 2.45) is 5.92 Å². The molecule has 1 aliphatic rings. The first-order valence-corrected chi connectivity index (χ1v) is 10.5. The second-order valence-corrected chi connectivity index (χ2v) is 9.09. The first-order valence-electron chi connectivity index (χ1n) is 9.05. The quantitative estimate of drug-likeness (QED) is 0.651. The lowest BCUT2D eigenvalue weighted by Crippen LogP contribution is -2.35. The molecule has 27 heavy (non-hydrogen) atoms. The van der Waals surface area contributed by atoms with Crippen LogP contribution >= 0.6 is 0 Å². The van der Waals surface area contributed by atoms with Crippen LogP contribution < -0.4 is 0 Å². The van der Waals surface area contributed by atoms with E-state index >= 15 is 0 Å². The fraction of sp³-hybridized carbons (Fsp3) is 0.368. The Kier molecular flexibility index (Phi) is 4.84. The van der Waals surface area contributed by atoms with E-state index in [1.165, 1.54) is 10.5 Å². The fourth-order valence-electron chi connectivity index (χ4n) is 3.56. The number of sulfonamides is 1. The van der Waals surface area contributed by atoms with Gasteiger partial charge < -0.3 is 4.57 Å². The van der Waals surface area contributed by atoms with E-state index in [0.29, 0.717) is 13.1 Å². The first-order chi connectivity index (χ1) is 13.0. The summed E-state index contributed by atoms with van der Waals surface area (Å²) in [4.78, 5) is 4.56. The molecule has 0 saturated heterocycles. The predicted octanol–water partition coefficient (Wildman–Crippen LogP) is 2.01. The van der Waals surface area contributed by atoms with Crippen molar-refractivity contribution in [3.63, 3.8) is 0 Å². The van der Waals surface area contributed by atoms with Crippen LogP contribution in [0, 0.1) is 5.92 Å². The van der Waals surface area contributed by atoms with Crippen molar-refractivity contribution in [1.82, 2.24) is 23.6 Å². The van der Waals surface area contributed by atoms with Crippen LogP contribution in [0.4, 0.5) is 0 Å². The highest BCUT2D eigenvalue weighted by Crippen LogP contribution is 2.22. The number of rotatable bonds is 6. The number of aromatic nitrogens is 4. The van der Waals surface area contributed by atoms with Gasteiger partial charge in [-0.05, 0) is 17.9 Å². The fourth-order valence-corrected chi connectivity index (χ4v) is 4.76. The molecule has 1 aromatic carbocycles. The lowest BCUT2D eigenvalue weighted by atomic mass is 10.00. The zero-order valence-corrected chi connectivity index (χ0v) is 16.1. The minimum Gasteiger partial charge on any atom is -0.335 e. The van der Waals surface area contributed by atoms with Crippen molar-refractivity contribution in [1.29, 1.82) is 0 Å². The van der Waals surface area contributed by atoms with Crippen molar-refractivity contribution in [3.8, 4) is 0 Å². The predicted molar refractivity (Wildman–Crippen MR) is 102 cm³/mol. The van der Waals surface area contributed by atoms with Crippen LogP contribution in [0.2, 0.25) is 0 Å². The van der Waals surface area contributed by atoms with Crippen LogP contribution in [-0.2, 0) is 29.5 Å². The van der Waals surface area contributed by atoms with E-state index in [-0.39, 0.29) is 10.8 Å². The topological polar surface area (TPSA) is 73.0 Å². The largest absolute Gasteiger partial charge is 0.335 e. The Morgan fingerprint density at radius 2 is 2.07 bits per heavy atom. The van der Waals surface area contributed by atoms with E-state index in [1.54, 1.807) is 24.1 Å². The summed E-state index contributed by atoms with van der Waals surface area (Å²) in [6.45, 7) is 1.85. The van der Waals surface area contributed by atoms with E-state index in [1.807, 2.05) is 36.5 Å². The molecule has 142 valence electrons. The number of aryl methyl sites for hydroxylation is 1. The molecule has 0 aliphatic carbocycles. The molecule has 2 aromatic heterocycles. The van der Waals surface area contributed by atoms with Gasteiger partial charge in [-0.1, -0.05) is 30.3 Å². The van der Waals surface area contributed by atoms with Gasteiger partial charge in [0, 0.05) is 45.1 Å². The van der Waals surface area contributed by atoms with Gasteiger partial charge in [-0.15, -0.1) is 0 Å². The molecule has 1 unspecified atom stereocenters. The summed E-state index contributed by atoms with van der Waals surface area (Å²) >= 11 is 0. The van der Waals surface area contributed by atoms with Gasteiger partial charge in [-0.3, -0.25) is 4.68 Å². The summed E-state index contributed by atoms with van der Waals surface area (Å²) in [6.07, 6.45) is 8.64. The van der Waals surface area contributed by atoms with Crippen LogP contribution in [0.3, 0.4) is 0 Å². The molecule has 0 spiro atoms. The summed E-state index contributed by atoms with van der Waals surface area (Å²) in [5.41, 5.74) is 1.08. The molecule has 4 rings (SSSR count). The SMILES string of the molecule is CN(CC1CCc2nccn2C1)S(=O)(=O)c1cnn(Cc2ccccc2)c1.